The summed E-state index contributed by atoms with van der Waals surface area (Å²) in [5, 5.41) is 0. The van der Waals surface area contributed by atoms with Gasteiger partial charge in [0.2, 0.25) is 5.91 Å². The first-order chi connectivity index (χ1) is 8.34. The van der Waals surface area contributed by atoms with Crippen LogP contribution in [0.4, 0.5) is 0 Å². The molecule has 0 saturated heterocycles. The van der Waals surface area contributed by atoms with Gasteiger partial charge in [-0.25, -0.2) is 9.78 Å². The lowest BCUT2D eigenvalue weighted by molar-refractivity contribution is -0.118. The van der Waals surface area contributed by atoms with Crippen molar-refractivity contribution in [2.75, 3.05) is 0 Å². The van der Waals surface area contributed by atoms with Crippen molar-refractivity contribution in [3.63, 3.8) is 0 Å². The van der Waals surface area contributed by atoms with E-state index in [9.17, 15) is 14.4 Å². The van der Waals surface area contributed by atoms with Crippen LogP contribution in [-0.4, -0.2) is 24.6 Å². The second-order valence-electron chi connectivity index (χ2n) is 3.81. The molecule has 0 radical (unpaired) electrons. The van der Waals surface area contributed by atoms with Crippen LogP contribution in [0.3, 0.4) is 0 Å². The molecule has 0 aliphatic heterocycles. The van der Waals surface area contributed by atoms with Crippen molar-refractivity contribution in [2.45, 2.75) is 6.54 Å². The van der Waals surface area contributed by atoms with Crippen molar-refractivity contribution in [3.05, 3.63) is 24.7 Å². The van der Waals surface area contributed by atoms with Crippen LogP contribution >= 0.6 is 22.6 Å². The number of hydrogen-bond acceptors (Lipinski definition) is 4. The predicted molar refractivity (Wildman–Crippen MR) is 72.1 cm³/mol. The number of fused-ring (bicyclic) bond motifs is 1. The first-order valence-corrected chi connectivity index (χ1v) is 6.02. The molecule has 0 saturated carbocycles. The molecule has 2 heterocycles. The summed E-state index contributed by atoms with van der Waals surface area (Å²) in [6.07, 6.45) is 0. The third kappa shape index (κ3) is 1.74. The summed E-state index contributed by atoms with van der Waals surface area (Å²) in [6, 6.07) is 0. The lowest BCUT2D eigenvalue weighted by Gasteiger charge is -2.05. The molecule has 96 valence electrons. The smallest absolute Gasteiger partial charge is 0.332 e. The average molecular weight is 363 g/mol. The van der Waals surface area contributed by atoms with Crippen LogP contribution in [0.5, 0.6) is 0 Å². The van der Waals surface area contributed by atoms with E-state index in [1.807, 2.05) is 22.6 Å². The van der Waals surface area contributed by atoms with Gasteiger partial charge in [-0.15, -0.1) is 0 Å². The predicted octanol–water partition coefficient (Wildman–Crippen LogP) is -1.48. The van der Waals surface area contributed by atoms with E-state index >= 15 is 0 Å². The van der Waals surface area contributed by atoms with E-state index in [-0.39, 0.29) is 17.7 Å². The third-order valence-corrected chi connectivity index (χ3v) is 3.44. The van der Waals surface area contributed by atoms with Gasteiger partial charge >= 0.3 is 5.69 Å². The largest absolute Gasteiger partial charge is 0.368 e. The number of carbonyl (C=O) groups is 1. The highest BCUT2D eigenvalue weighted by Gasteiger charge is 2.18. The minimum atomic E-state index is -0.580. The van der Waals surface area contributed by atoms with Gasteiger partial charge in [-0.3, -0.25) is 18.7 Å². The molecule has 0 spiro atoms. The minimum absolute atomic E-state index is 0.151. The summed E-state index contributed by atoms with van der Waals surface area (Å²) < 4.78 is 4.06. The molecule has 0 aliphatic carbocycles. The Bertz CT molecular complexity index is 769. The SMILES string of the molecule is Cn1c(=O)c2c(nc(I)n2CC(N)=O)n(C)c1=O. The molecule has 2 N–H and O–H groups in total. The summed E-state index contributed by atoms with van der Waals surface area (Å²) in [5.41, 5.74) is 4.61. The molecule has 0 unspecified atom stereocenters. The van der Waals surface area contributed by atoms with Crippen LogP contribution in [0, 0.1) is 3.83 Å². The first-order valence-electron chi connectivity index (χ1n) is 4.94. The lowest BCUT2D eigenvalue weighted by Crippen LogP contribution is -2.38. The second-order valence-corrected chi connectivity index (χ2v) is 4.78. The van der Waals surface area contributed by atoms with Crippen LogP contribution < -0.4 is 17.0 Å². The number of hydrogen-bond donors (Lipinski definition) is 1. The number of amides is 1. The Balaban J connectivity index is 2.99. The minimum Gasteiger partial charge on any atom is -0.368 e. The topological polar surface area (TPSA) is 105 Å². The normalized spacial score (nSPS) is 11.1. The number of aromatic nitrogens is 4. The third-order valence-electron chi connectivity index (χ3n) is 2.62. The molecule has 0 aliphatic rings. The van der Waals surface area contributed by atoms with E-state index in [1.54, 1.807) is 0 Å². The van der Waals surface area contributed by atoms with Crippen LogP contribution in [-0.2, 0) is 25.4 Å². The van der Waals surface area contributed by atoms with Gasteiger partial charge in [-0.1, -0.05) is 0 Å². The number of aryl methyl sites for hydroxylation is 1. The van der Waals surface area contributed by atoms with Crippen LogP contribution in [0.15, 0.2) is 9.59 Å². The summed E-state index contributed by atoms with van der Waals surface area (Å²) in [7, 11) is 2.89. The van der Waals surface area contributed by atoms with Gasteiger partial charge in [0, 0.05) is 36.7 Å². The molecule has 0 atom stereocenters. The van der Waals surface area contributed by atoms with Gasteiger partial charge in [-0.05, 0) is 0 Å². The molecule has 0 fully saturated rings. The number of rotatable bonds is 2. The van der Waals surface area contributed by atoms with Crippen LogP contribution in [0.2, 0.25) is 0 Å². The molecule has 1 amide bonds. The standard InChI is InChI=1S/C9H10IN5O3/c1-13-6-5(7(17)14(2)9(13)18)15(3-4(11)16)8(10)12-6/h3H2,1-2H3,(H2,11,16). The summed E-state index contributed by atoms with van der Waals surface area (Å²) in [4.78, 5) is 38.9. The molecule has 2 aromatic rings. The zero-order chi connectivity index (χ0) is 13.6. The number of primary amides is 1. The van der Waals surface area contributed by atoms with Gasteiger partial charge in [0.25, 0.3) is 5.56 Å². The van der Waals surface area contributed by atoms with E-state index in [2.05, 4.69) is 4.98 Å². The van der Waals surface area contributed by atoms with Crippen molar-refractivity contribution < 1.29 is 4.79 Å². The molecular weight excluding hydrogens is 353 g/mol. The summed E-state index contributed by atoms with van der Waals surface area (Å²) >= 11 is 1.88. The number of imidazole rings is 1. The summed E-state index contributed by atoms with van der Waals surface area (Å²) in [6.45, 7) is -0.151. The fourth-order valence-corrected chi connectivity index (χ4v) is 2.36. The summed E-state index contributed by atoms with van der Waals surface area (Å²) in [5.74, 6) is -0.580. The highest BCUT2D eigenvalue weighted by molar-refractivity contribution is 14.1. The molecule has 0 aromatic carbocycles. The van der Waals surface area contributed by atoms with Crippen LogP contribution in [0.25, 0.3) is 11.2 Å². The molecule has 8 nitrogen and oxygen atoms in total. The zero-order valence-corrected chi connectivity index (χ0v) is 11.8. The van der Waals surface area contributed by atoms with Gasteiger partial charge in [0.1, 0.15) is 6.54 Å². The Morgan fingerprint density at radius 1 is 1.33 bits per heavy atom. The maximum Gasteiger partial charge on any atom is 0.332 e. The molecule has 9 heteroatoms. The van der Waals surface area contributed by atoms with Gasteiger partial charge in [-0.2, -0.15) is 0 Å². The van der Waals surface area contributed by atoms with E-state index in [4.69, 9.17) is 5.73 Å². The second kappa shape index (κ2) is 4.23. The molecule has 0 bridgehead atoms. The van der Waals surface area contributed by atoms with E-state index in [0.29, 0.717) is 3.83 Å². The van der Waals surface area contributed by atoms with Crippen molar-refractivity contribution in [1.82, 2.24) is 18.7 Å². The molecular formula is C9H10IN5O3. The van der Waals surface area contributed by atoms with Crippen molar-refractivity contribution in [3.8, 4) is 0 Å². The lowest BCUT2D eigenvalue weighted by atomic mass is 10.5. The van der Waals surface area contributed by atoms with Crippen molar-refractivity contribution >= 4 is 39.7 Å². The first kappa shape index (κ1) is 12.8. The highest BCUT2D eigenvalue weighted by atomic mass is 127. The molecule has 2 aromatic heterocycles. The Hall–Kier alpha value is -1.65. The van der Waals surface area contributed by atoms with Crippen LogP contribution in [0.1, 0.15) is 0 Å². The van der Waals surface area contributed by atoms with E-state index in [1.165, 1.54) is 23.2 Å². The maximum atomic E-state index is 12.1. The Kier molecular flexibility index (Phi) is 3.00. The maximum absolute atomic E-state index is 12.1. The van der Waals surface area contributed by atoms with Gasteiger partial charge in [0.05, 0.1) is 0 Å². The Labute approximate surface area is 114 Å². The number of nitrogens with two attached hydrogens (primary N) is 1. The average Bonchev–Trinajstić information content (AvgIpc) is 2.61. The Morgan fingerprint density at radius 2 is 1.94 bits per heavy atom. The van der Waals surface area contributed by atoms with Gasteiger partial charge < -0.3 is 10.3 Å². The quantitative estimate of drug-likeness (QED) is 0.519. The van der Waals surface area contributed by atoms with Crippen molar-refractivity contribution in [1.29, 1.82) is 0 Å². The van der Waals surface area contributed by atoms with Crippen molar-refractivity contribution in [2.24, 2.45) is 19.8 Å². The molecule has 2 rings (SSSR count). The fraction of sp³-hybridized carbons (Fsp3) is 0.333. The monoisotopic (exact) mass is 363 g/mol. The number of carbonyl (C=O) groups excluding carboxylic acids is 1. The highest BCUT2D eigenvalue weighted by Crippen LogP contribution is 2.12. The Morgan fingerprint density at radius 3 is 2.50 bits per heavy atom. The molecule has 18 heavy (non-hydrogen) atoms. The van der Waals surface area contributed by atoms with E-state index < -0.39 is 17.2 Å². The number of halogens is 1. The van der Waals surface area contributed by atoms with E-state index in [0.717, 1.165) is 4.57 Å². The number of nitrogens with zero attached hydrogens (tertiary/aromatic N) is 4. The zero-order valence-electron chi connectivity index (χ0n) is 9.68. The fourth-order valence-electron chi connectivity index (χ4n) is 1.72. The van der Waals surface area contributed by atoms with Gasteiger partial charge in [0.15, 0.2) is 15.0 Å².